The number of hydrogen-bond acceptors (Lipinski definition) is 8. The van der Waals surface area contributed by atoms with Crippen LogP contribution in [0.3, 0.4) is 0 Å². The molecule has 0 bridgehead atoms. The first kappa shape index (κ1) is 23.5. The maximum atomic E-state index is 12.5. The Morgan fingerprint density at radius 3 is 2.30 bits per heavy atom. The summed E-state index contributed by atoms with van der Waals surface area (Å²) in [6.45, 7) is 0. The van der Waals surface area contributed by atoms with Gasteiger partial charge in [-0.05, 0) is 12.3 Å². The molecule has 0 spiro atoms. The van der Waals surface area contributed by atoms with Gasteiger partial charge in [-0.15, -0.1) is 17.6 Å². The van der Waals surface area contributed by atoms with E-state index >= 15 is 0 Å². The molecular weight excluding hydrogens is 449 g/mol. The standard InChI is InChI=1S/C16H17F3N4O5S2/c1-26-12-8-13(27-2)21-14(20-12)22-15(29-3)23-30(24,25)9-10-6-4-5-7-11(10)28-16(17,18)19/h4-8H,9H2,1-3H3,(H,20,21,22,23). The topological polar surface area (TPSA) is 112 Å². The van der Waals surface area contributed by atoms with E-state index in [1.807, 2.05) is 0 Å². The molecule has 0 saturated carbocycles. The third kappa shape index (κ3) is 7.26. The zero-order valence-electron chi connectivity index (χ0n) is 15.9. The van der Waals surface area contributed by atoms with Gasteiger partial charge < -0.3 is 19.5 Å². The number of aromatic nitrogens is 2. The smallest absolute Gasteiger partial charge is 0.481 e. The molecule has 1 aromatic heterocycles. The molecule has 14 heteroatoms. The van der Waals surface area contributed by atoms with E-state index in [9.17, 15) is 21.6 Å². The average molecular weight is 466 g/mol. The molecule has 0 unspecified atom stereocenters. The van der Waals surface area contributed by atoms with Crippen LogP contribution >= 0.6 is 11.8 Å². The van der Waals surface area contributed by atoms with Crippen molar-refractivity contribution in [2.24, 2.45) is 4.40 Å². The zero-order valence-corrected chi connectivity index (χ0v) is 17.6. The van der Waals surface area contributed by atoms with Gasteiger partial charge in [0.15, 0.2) is 5.17 Å². The van der Waals surface area contributed by atoms with Gasteiger partial charge in [-0.25, -0.2) is 8.42 Å². The molecule has 0 aliphatic rings. The summed E-state index contributed by atoms with van der Waals surface area (Å²) < 4.78 is 80.0. The summed E-state index contributed by atoms with van der Waals surface area (Å²) >= 11 is 0.930. The van der Waals surface area contributed by atoms with Crippen LogP contribution in [0.25, 0.3) is 0 Å². The highest BCUT2D eigenvalue weighted by atomic mass is 32.2. The van der Waals surface area contributed by atoms with E-state index in [2.05, 4.69) is 24.4 Å². The molecule has 0 radical (unpaired) electrons. The van der Waals surface area contributed by atoms with Gasteiger partial charge in [-0.3, -0.25) is 0 Å². The van der Waals surface area contributed by atoms with Gasteiger partial charge in [0.05, 0.1) is 26.0 Å². The monoisotopic (exact) mass is 466 g/mol. The number of nitrogens with one attached hydrogen (secondary N) is 1. The fraction of sp³-hybridized carbons (Fsp3) is 0.312. The largest absolute Gasteiger partial charge is 0.573 e. The van der Waals surface area contributed by atoms with Crippen molar-refractivity contribution in [1.29, 1.82) is 0 Å². The summed E-state index contributed by atoms with van der Waals surface area (Å²) in [5.41, 5.74) is -0.196. The lowest BCUT2D eigenvalue weighted by atomic mass is 10.2. The molecule has 0 aliphatic heterocycles. The van der Waals surface area contributed by atoms with Crippen LogP contribution in [0.1, 0.15) is 5.56 Å². The fourth-order valence-electron chi connectivity index (χ4n) is 2.08. The van der Waals surface area contributed by atoms with Crippen molar-refractivity contribution in [1.82, 2.24) is 9.97 Å². The van der Waals surface area contributed by atoms with Crippen molar-refractivity contribution >= 4 is 32.9 Å². The Hall–Kier alpha value is -2.74. The Labute approximate surface area is 174 Å². The van der Waals surface area contributed by atoms with Gasteiger partial charge in [-0.2, -0.15) is 9.97 Å². The van der Waals surface area contributed by atoms with Crippen molar-refractivity contribution in [2.75, 3.05) is 25.8 Å². The number of hydrogen-bond donors (Lipinski definition) is 1. The van der Waals surface area contributed by atoms with Crippen molar-refractivity contribution < 1.29 is 35.8 Å². The van der Waals surface area contributed by atoms with Gasteiger partial charge in [0, 0.05) is 5.56 Å². The van der Waals surface area contributed by atoms with E-state index in [-0.39, 0.29) is 28.4 Å². The SMILES string of the molecule is COc1cc(OC)nc(NC(=NS(=O)(=O)Cc2ccccc2OC(F)(F)F)SC)n1. The number of nitrogens with zero attached hydrogens (tertiary/aromatic N) is 3. The van der Waals surface area contributed by atoms with E-state index in [1.165, 1.54) is 38.5 Å². The van der Waals surface area contributed by atoms with E-state index in [4.69, 9.17) is 9.47 Å². The number of ether oxygens (including phenoxy) is 3. The van der Waals surface area contributed by atoms with Crippen molar-refractivity contribution in [3.8, 4) is 17.5 Å². The van der Waals surface area contributed by atoms with Crippen molar-refractivity contribution in [2.45, 2.75) is 12.1 Å². The van der Waals surface area contributed by atoms with Gasteiger partial charge in [0.25, 0.3) is 10.0 Å². The fourth-order valence-corrected chi connectivity index (χ4v) is 3.90. The average Bonchev–Trinajstić information content (AvgIpc) is 2.67. The van der Waals surface area contributed by atoms with E-state index in [0.29, 0.717) is 0 Å². The molecule has 9 nitrogen and oxygen atoms in total. The van der Waals surface area contributed by atoms with Crippen LogP contribution < -0.4 is 19.5 Å². The van der Waals surface area contributed by atoms with Crippen molar-refractivity contribution in [3.63, 3.8) is 0 Å². The number of benzene rings is 1. The first-order valence-electron chi connectivity index (χ1n) is 7.99. The van der Waals surface area contributed by atoms with Gasteiger partial charge in [-0.1, -0.05) is 30.0 Å². The molecule has 1 heterocycles. The second-order valence-corrected chi connectivity index (χ2v) is 7.81. The lowest BCUT2D eigenvalue weighted by Gasteiger charge is -2.13. The highest BCUT2D eigenvalue weighted by Crippen LogP contribution is 2.28. The molecule has 164 valence electrons. The molecule has 2 rings (SSSR count). The highest BCUT2D eigenvalue weighted by molar-refractivity contribution is 8.14. The molecule has 0 amide bonds. The molecule has 0 atom stereocenters. The van der Waals surface area contributed by atoms with Crippen LogP contribution in [-0.2, 0) is 15.8 Å². The molecular formula is C16H17F3N4O5S2. The molecule has 0 fully saturated rings. The number of thioether (sulfide) groups is 1. The number of para-hydroxylation sites is 1. The zero-order chi connectivity index (χ0) is 22.4. The Morgan fingerprint density at radius 2 is 1.77 bits per heavy atom. The summed E-state index contributed by atoms with van der Waals surface area (Å²) in [5.74, 6) is -1.16. The number of alkyl halides is 3. The molecule has 30 heavy (non-hydrogen) atoms. The predicted octanol–water partition coefficient (Wildman–Crippen LogP) is 3.05. The number of sulfonamides is 1. The third-order valence-electron chi connectivity index (χ3n) is 3.27. The second-order valence-electron chi connectivity index (χ2n) is 5.38. The van der Waals surface area contributed by atoms with Gasteiger partial charge in [0.2, 0.25) is 17.7 Å². The lowest BCUT2D eigenvalue weighted by molar-refractivity contribution is -0.274. The normalized spacial score (nSPS) is 12.4. The molecule has 1 N–H and O–H groups in total. The second kappa shape index (κ2) is 9.84. The summed E-state index contributed by atoms with van der Waals surface area (Å²) in [6.07, 6.45) is -3.42. The van der Waals surface area contributed by atoms with Crippen molar-refractivity contribution in [3.05, 3.63) is 35.9 Å². The maximum Gasteiger partial charge on any atom is 0.573 e. The molecule has 0 aliphatic carbocycles. The summed E-state index contributed by atoms with van der Waals surface area (Å²) in [4.78, 5) is 8.00. The molecule has 2 aromatic rings. The number of halogens is 3. The lowest BCUT2D eigenvalue weighted by Crippen LogP contribution is -2.19. The van der Waals surface area contributed by atoms with Gasteiger partial charge in [0.1, 0.15) is 5.75 Å². The number of methoxy groups -OCH3 is 2. The first-order chi connectivity index (χ1) is 14.0. The Bertz CT molecular complexity index is 994. The minimum atomic E-state index is -4.96. The Morgan fingerprint density at radius 1 is 1.17 bits per heavy atom. The molecule has 0 saturated heterocycles. The van der Waals surface area contributed by atoms with Crippen LogP contribution in [-0.4, -0.2) is 50.4 Å². The minimum absolute atomic E-state index is 0.0460. The maximum absolute atomic E-state index is 12.5. The van der Waals surface area contributed by atoms with Crippen LogP contribution in [0.15, 0.2) is 34.7 Å². The summed E-state index contributed by atoms with van der Waals surface area (Å²) in [6, 6.07) is 6.32. The van der Waals surface area contributed by atoms with Crippen LogP contribution in [0.4, 0.5) is 19.1 Å². The summed E-state index contributed by atoms with van der Waals surface area (Å²) in [5, 5.41) is 2.50. The van der Waals surface area contributed by atoms with Gasteiger partial charge >= 0.3 is 6.36 Å². The van der Waals surface area contributed by atoms with Crippen LogP contribution in [0.2, 0.25) is 0 Å². The van der Waals surface area contributed by atoms with E-state index in [1.54, 1.807) is 6.26 Å². The van der Waals surface area contributed by atoms with E-state index < -0.39 is 27.9 Å². The Kier molecular flexibility index (Phi) is 7.72. The predicted molar refractivity (Wildman–Crippen MR) is 105 cm³/mol. The van der Waals surface area contributed by atoms with Crippen LogP contribution in [0, 0.1) is 0 Å². The summed E-state index contributed by atoms with van der Waals surface area (Å²) in [7, 11) is -1.49. The number of anilines is 1. The first-order valence-corrected chi connectivity index (χ1v) is 10.8. The third-order valence-corrected chi connectivity index (χ3v) is 5.10. The quantitative estimate of drug-likeness (QED) is 0.486. The minimum Gasteiger partial charge on any atom is -0.481 e. The highest BCUT2D eigenvalue weighted by Gasteiger charge is 2.32. The van der Waals surface area contributed by atoms with E-state index in [0.717, 1.165) is 17.8 Å². The van der Waals surface area contributed by atoms with Crippen LogP contribution in [0.5, 0.6) is 17.5 Å². The Balaban J connectivity index is 2.28. The molecule has 1 aromatic carbocycles. The number of amidine groups is 1. The number of rotatable bonds is 7.